The summed E-state index contributed by atoms with van der Waals surface area (Å²) in [5.41, 5.74) is 2.22. The standard InChI is InChI=1S/C19H17BrN4O2S/c1-26-17-8-7-13(11-15(17)20)19-23(9-10-27-19)18(25)16-12-21-24(22-16)14-5-3-2-4-6-14/h2-8,11-12,19H,9-10H2,1H3. The number of hydrogen-bond donors (Lipinski definition) is 0. The highest BCUT2D eigenvalue weighted by Crippen LogP contribution is 2.40. The Balaban J connectivity index is 1.58. The van der Waals surface area contributed by atoms with Crippen molar-refractivity contribution < 1.29 is 9.53 Å². The van der Waals surface area contributed by atoms with Gasteiger partial charge >= 0.3 is 0 Å². The number of benzene rings is 2. The Morgan fingerprint density at radius 2 is 2.07 bits per heavy atom. The zero-order valence-corrected chi connectivity index (χ0v) is 17.0. The Hall–Kier alpha value is -2.32. The molecule has 1 aromatic heterocycles. The summed E-state index contributed by atoms with van der Waals surface area (Å²) in [6.45, 7) is 0.677. The van der Waals surface area contributed by atoms with E-state index in [1.165, 1.54) is 11.0 Å². The third-order valence-electron chi connectivity index (χ3n) is 4.31. The molecular formula is C19H17BrN4O2S. The molecule has 1 saturated heterocycles. The van der Waals surface area contributed by atoms with Gasteiger partial charge in [-0.3, -0.25) is 4.79 Å². The number of halogens is 1. The molecule has 2 aromatic carbocycles. The van der Waals surface area contributed by atoms with Gasteiger partial charge in [0.25, 0.3) is 5.91 Å². The van der Waals surface area contributed by atoms with Gasteiger partial charge in [-0.2, -0.15) is 9.90 Å². The van der Waals surface area contributed by atoms with Crippen molar-refractivity contribution in [3.05, 3.63) is 70.5 Å². The number of ether oxygens (including phenoxy) is 1. The number of nitrogens with zero attached hydrogens (tertiary/aromatic N) is 4. The predicted molar refractivity (Wildman–Crippen MR) is 108 cm³/mol. The van der Waals surface area contributed by atoms with Crippen molar-refractivity contribution in [2.24, 2.45) is 0 Å². The van der Waals surface area contributed by atoms with E-state index in [1.54, 1.807) is 18.9 Å². The van der Waals surface area contributed by atoms with E-state index < -0.39 is 0 Å². The second kappa shape index (κ2) is 7.74. The van der Waals surface area contributed by atoms with Crippen LogP contribution in [0, 0.1) is 0 Å². The molecule has 0 N–H and O–H groups in total. The van der Waals surface area contributed by atoms with Crippen molar-refractivity contribution >= 4 is 33.6 Å². The van der Waals surface area contributed by atoms with Gasteiger partial charge in [-0.1, -0.05) is 24.3 Å². The SMILES string of the molecule is COc1ccc(C2SCCN2C(=O)c2cnn(-c3ccccc3)n2)cc1Br. The number of aromatic nitrogens is 3. The molecule has 0 bridgehead atoms. The minimum Gasteiger partial charge on any atom is -0.496 e. The minimum absolute atomic E-state index is 0.0541. The number of methoxy groups -OCH3 is 1. The van der Waals surface area contributed by atoms with Crippen molar-refractivity contribution in [3.63, 3.8) is 0 Å². The fourth-order valence-corrected chi connectivity index (χ4v) is 4.79. The number of carbonyl (C=O) groups is 1. The maximum atomic E-state index is 13.0. The summed E-state index contributed by atoms with van der Waals surface area (Å²) in [5, 5.41) is 8.56. The van der Waals surface area contributed by atoms with Gasteiger partial charge in [-0.05, 0) is 45.8 Å². The Morgan fingerprint density at radius 3 is 2.81 bits per heavy atom. The first-order chi connectivity index (χ1) is 13.2. The smallest absolute Gasteiger partial charge is 0.277 e. The van der Waals surface area contributed by atoms with E-state index in [9.17, 15) is 4.79 Å². The molecule has 0 saturated carbocycles. The van der Waals surface area contributed by atoms with Gasteiger partial charge < -0.3 is 9.64 Å². The van der Waals surface area contributed by atoms with Gasteiger partial charge in [-0.15, -0.1) is 16.9 Å². The number of para-hydroxylation sites is 1. The summed E-state index contributed by atoms with van der Waals surface area (Å²) in [5.74, 6) is 1.54. The number of hydrogen-bond acceptors (Lipinski definition) is 5. The van der Waals surface area contributed by atoms with E-state index >= 15 is 0 Å². The van der Waals surface area contributed by atoms with Crippen LogP contribution < -0.4 is 4.74 Å². The molecule has 1 aliphatic rings. The van der Waals surface area contributed by atoms with E-state index in [1.807, 2.05) is 53.4 Å². The average Bonchev–Trinajstić information content (AvgIpc) is 3.38. The van der Waals surface area contributed by atoms with Crippen LogP contribution in [0.5, 0.6) is 5.75 Å². The molecule has 3 aromatic rings. The van der Waals surface area contributed by atoms with E-state index in [0.717, 1.165) is 27.2 Å². The molecule has 0 radical (unpaired) electrons. The lowest BCUT2D eigenvalue weighted by Gasteiger charge is -2.23. The van der Waals surface area contributed by atoms with Crippen LogP contribution in [0.15, 0.2) is 59.2 Å². The van der Waals surface area contributed by atoms with Gasteiger partial charge in [0.15, 0.2) is 5.69 Å². The summed E-state index contributed by atoms with van der Waals surface area (Å²) >= 11 is 5.26. The highest BCUT2D eigenvalue weighted by molar-refractivity contribution is 9.10. The monoisotopic (exact) mass is 444 g/mol. The molecule has 1 atom stereocenters. The predicted octanol–water partition coefficient (Wildman–Crippen LogP) is 3.93. The molecule has 138 valence electrons. The lowest BCUT2D eigenvalue weighted by atomic mass is 10.2. The summed E-state index contributed by atoms with van der Waals surface area (Å²) in [6, 6.07) is 15.5. The van der Waals surface area contributed by atoms with E-state index in [2.05, 4.69) is 26.1 Å². The first kappa shape index (κ1) is 18.1. The molecule has 27 heavy (non-hydrogen) atoms. The maximum absolute atomic E-state index is 13.0. The molecule has 1 aliphatic heterocycles. The molecule has 4 rings (SSSR count). The van der Waals surface area contributed by atoms with Crippen molar-refractivity contribution in [1.29, 1.82) is 0 Å². The lowest BCUT2D eigenvalue weighted by molar-refractivity contribution is 0.0754. The Kier molecular flexibility index (Phi) is 5.18. The fourth-order valence-electron chi connectivity index (χ4n) is 2.98. The first-order valence-corrected chi connectivity index (χ1v) is 10.3. The normalized spacial score (nSPS) is 16.5. The average molecular weight is 445 g/mol. The van der Waals surface area contributed by atoms with Crippen molar-refractivity contribution in [3.8, 4) is 11.4 Å². The molecule has 1 fully saturated rings. The highest BCUT2D eigenvalue weighted by Gasteiger charge is 2.33. The Morgan fingerprint density at radius 1 is 1.26 bits per heavy atom. The fraction of sp³-hybridized carbons (Fsp3) is 0.211. The number of carbonyl (C=O) groups excluding carboxylic acids is 1. The number of thioether (sulfide) groups is 1. The number of rotatable bonds is 4. The summed E-state index contributed by atoms with van der Waals surface area (Å²) in [7, 11) is 1.63. The molecule has 6 nitrogen and oxygen atoms in total. The van der Waals surface area contributed by atoms with Gasteiger partial charge in [-0.25, -0.2) is 0 Å². The minimum atomic E-state index is -0.112. The van der Waals surface area contributed by atoms with E-state index in [4.69, 9.17) is 4.74 Å². The topological polar surface area (TPSA) is 60.2 Å². The van der Waals surface area contributed by atoms with Gasteiger partial charge in [0.05, 0.1) is 23.5 Å². The van der Waals surface area contributed by atoms with Crippen LogP contribution in [0.2, 0.25) is 0 Å². The maximum Gasteiger partial charge on any atom is 0.277 e. The van der Waals surface area contributed by atoms with Crippen LogP contribution in [0.4, 0.5) is 0 Å². The quantitative estimate of drug-likeness (QED) is 0.609. The molecule has 1 amide bonds. The summed E-state index contributed by atoms with van der Waals surface area (Å²) < 4.78 is 6.17. The van der Waals surface area contributed by atoms with Gasteiger partial charge in [0.1, 0.15) is 11.1 Å². The third-order valence-corrected chi connectivity index (χ3v) is 6.19. The van der Waals surface area contributed by atoms with Crippen molar-refractivity contribution in [1.82, 2.24) is 19.9 Å². The van der Waals surface area contributed by atoms with Crippen LogP contribution in [0.3, 0.4) is 0 Å². The third kappa shape index (κ3) is 3.59. The van der Waals surface area contributed by atoms with Crippen LogP contribution in [0.25, 0.3) is 5.69 Å². The van der Waals surface area contributed by atoms with Crippen LogP contribution in [-0.4, -0.2) is 45.2 Å². The largest absolute Gasteiger partial charge is 0.496 e. The van der Waals surface area contributed by atoms with E-state index in [0.29, 0.717) is 12.2 Å². The lowest BCUT2D eigenvalue weighted by Crippen LogP contribution is -2.30. The molecule has 0 aliphatic carbocycles. The van der Waals surface area contributed by atoms with Crippen LogP contribution in [0.1, 0.15) is 21.4 Å². The highest BCUT2D eigenvalue weighted by atomic mass is 79.9. The van der Waals surface area contributed by atoms with Crippen molar-refractivity contribution in [2.75, 3.05) is 19.4 Å². The zero-order chi connectivity index (χ0) is 18.8. The second-order valence-electron chi connectivity index (χ2n) is 5.97. The Labute approximate surface area is 169 Å². The number of amides is 1. The molecule has 1 unspecified atom stereocenters. The zero-order valence-electron chi connectivity index (χ0n) is 14.6. The van der Waals surface area contributed by atoms with Gasteiger partial charge in [0.2, 0.25) is 0 Å². The first-order valence-electron chi connectivity index (χ1n) is 8.41. The molecule has 2 heterocycles. The molecule has 8 heteroatoms. The summed E-state index contributed by atoms with van der Waals surface area (Å²) in [4.78, 5) is 16.4. The molecule has 0 spiro atoms. The van der Waals surface area contributed by atoms with E-state index in [-0.39, 0.29) is 11.3 Å². The Bertz CT molecular complexity index is 963. The molecular weight excluding hydrogens is 428 g/mol. The summed E-state index contributed by atoms with van der Waals surface area (Å²) in [6.07, 6.45) is 1.53. The second-order valence-corrected chi connectivity index (χ2v) is 8.01. The van der Waals surface area contributed by atoms with Crippen LogP contribution in [-0.2, 0) is 0 Å². The van der Waals surface area contributed by atoms with Crippen LogP contribution >= 0.6 is 27.7 Å². The van der Waals surface area contributed by atoms with Gasteiger partial charge in [0, 0.05) is 12.3 Å². The van der Waals surface area contributed by atoms with Crippen molar-refractivity contribution in [2.45, 2.75) is 5.37 Å².